The lowest BCUT2D eigenvalue weighted by Crippen LogP contribution is -2.32. The fourth-order valence-corrected chi connectivity index (χ4v) is 2.72. The Balaban J connectivity index is 1.90. The Hall–Kier alpha value is -2.33. The summed E-state index contributed by atoms with van der Waals surface area (Å²) in [5, 5.41) is 0. The first-order valence-electron chi connectivity index (χ1n) is 8.80. The summed E-state index contributed by atoms with van der Waals surface area (Å²) in [4.78, 5) is 18.3. The molecule has 0 heterocycles. The Morgan fingerprint density at radius 3 is 2.08 bits per heavy atom. The Morgan fingerprint density at radius 1 is 0.880 bits per heavy atom. The largest absolute Gasteiger partial charge is 0.373 e. The van der Waals surface area contributed by atoms with Gasteiger partial charge in [-0.2, -0.15) is 0 Å². The molecule has 0 bridgehead atoms. The lowest BCUT2D eigenvalue weighted by Gasteiger charge is -2.25. The van der Waals surface area contributed by atoms with Crippen LogP contribution in [0.1, 0.15) is 22.8 Å². The molecule has 0 aliphatic rings. The molecule has 0 saturated heterocycles. The van der Waals surface area contributed by atoms with Gasteiger partial charge in [-0.15, -0.1) is 0 Å². The monoisotopic (exact) mass is 339 g/mol. The Morgan fingerprint density at radius 2 is 1.52 bits per heavy atom. The summed E-state index contributed by atoms with van der Waals surface area (Å²) in [5.41, 5.74) is 3.21. The van der Waals surface area contributed by atoms with Gasteiger partial charge in [-0.3, -0.25) is 9.69 Å². The fraction of sp³-hybridized carbons (Fsp3) is 0.381. The van der Waals surface area contributed by atoms with Crippen LogP contribution in [0, 0.1) is 0 Å². The summed E-state index contributed by atoms with van der Waals surface area (Å²) in [6.07, 6.45) is 0. The first-order chi connectivity index (χ1) is 12.0. The number of likely N-dealkylation sites (N-methyl/N-ethyl adjacent to an activating group) is 2. The van der Waals surface area contributed by atoms with Crippen molar-refractivity contribution in [3.63, 3.8) is 0 Å². The van der Waals surface area contributed by atoms with Crippen molar-refractivity contribution in [3.05, 3.63) is 65.7 Å². The van der Waals surface area contributed by atoms with E-state index < -0.39 is 0 Å². The van der Waals surface area contributed by atoms with Crippen molar-refractivity contribution in [1.82, 2.24) is 9.80 Å². The smallest absolute Gasteiger partial charge is 0.253 e. The number of anilines is 1. The van der Waals surface area contributed by atoms with Crippen LogP contribution in [0.5, 0.6) is 0 Å². The molecule has 0 atom stereocenters. The Bertz CT molecular complexity index is 653. The lowest BCUT2D eigenvalue weighted by atomic mass is 10.1. The maximum Gasteiger partial charge on any atom is 0.253 e. The average molecular weight is 339 g/mol. The molecule has 0 radical (unpaired) electrons. The number of carbonyl (C=O) groups excluding carboxylic acids is 1. The SMILES string of the molecule is CCN(CCN(C)c1ccccc1)Cc1ccc(C(=O)N(C)C)cc1. The highest BCUT2D eigenvalue weighted by Gasteiger charge is 2.09. The number of hydrogen-bond acceptors (Lipinski definition) is 3. The van der Waals surface area contributed by atoms with E-state index in [0.717, 1.165) is 31.7 Å². The van der Waals surface area contributed by atoms with Crippen LogP contribution in [-0.4, -0.2) is 56.5 Å². The van der Waals surface area contributed by atoms with Crippen molar-refractivity contribution in [2.45, 2.75) is 13.5 Å². The zero-order valence-corrected chi connectivity index (χ0v) is 15.8. The molecule has 25 heavy (non-hydrogen) atoms. The van der Waals surface area contributed by atoms with Crippen molar-refractivity contribution in [2.75, 3.05) is 45.7 Å². The van der Waals surface area contributed by atoms with Crippen LogP contribution in [0.3, 0.4) is 0 Å². The van der Waals surface area contributed by atoms with E-state index in [4.69, 9.17) is 0 Å². The van der Waals surface area contributed by atoms with Crippen LogP contribution < -0.4 is 4.90 Å². The summed E-state index contributed by atoms with van der Waals surface area (Å²) in [7, 11) is 5.68. The van der Waals surface area contributed by atoms with Gasteiger partial charge in [0.25, 0.3) is 5.91 Å². The zero-order valence-electron chi connectivity index (χ0n) is 15.8. The molecule has 0 fully saturated rings. The van der Waals surface area contributed by atoms with E-state index in [1.807, 2.05) is 18.2 Å². The number of rotatable bonds is 8. The topological polar surface area (TPSA) is 26.8 Å². The van der Waals surface area contributed by atoms with Gasteiger partial charge in [0.05, 0.1) is 0 Å². The van der Waals surface area contributed by atoms with Gasteiger partial charge < -0.3 is 9.80 Å². The second-order valence-electron chi connectivity index (χ2n) is 6.52. The third-order valence-electron chi connectivity index (χ3n) is 4.41. The number of hydrogen-bond donors (Lipinski definition) is 0. The molecule has 134 valence electrons. The van der Waals surface area contributed by atoms with E-state index >= 15 is 0 Å². The number of carbonyl (C=O) groups is 1. The minimum atomic E-state index is 0.0448. The van der Waals surface area contributed by atoms with Gasteiger partial charge in [0.15, 0.2) is 0 Å². The molecule has 2 rings (SSSR count). The van der Waals surface area contributed by atoms with Crippen molar-refractivity contribution in [2.24, 2.45) is 0 Å². The van der Waals surface area contributed by atoms with Gasteiger partial charge in [0, 0.05) is 52.0 Å². The quantitative estimate of drug-likeness (QED) is 0.738. The molecule has 4 heteroatoms. The van der Waals surface area contributed by atoms with Gasteiger partial charge in [-0.05, 0) is 36.4 Å². The molecule has 0 saturated carbocycles. The molecule has 0 aliphatic heterocycles. The van der Waals surface area contributed by atoms with E-state index in [1.165, 1.54) is 11.3 Å². The predicted octanol–water partition coefficient (Wildman–Crippen LogP) is 3.35. The third kappa shape index (κ3) is 5.61. The van der Waals surface area contributed by atoms with Gasteiger partial charge >= 0.3 is 0 Å². The van der Waals surface area contributed by atoms with Gasteiger partial charge in [-0.25, -0.2) is 0 Å². The number of para-hydroxylation sites is 1. The minimum absolute atomic E-state index is 0.0448. The second kappa shape index (κ2) is 9.23. The summed E-state index contributed by atoms with van der Waals surface area (Å²) in [5.74, 6) is 0.0448. The molecular formula is C21H29N3O. The Labute approximate surface area is 151 Å². The third-order valence-corrected chi connectivity index (χ3v) is 4.41. The molecule has 0 spiro atoms. The predicted molar refractivity (Wildman–Crippen MR) is 105 cm³/mol. The van der Waals surface area contributed by atoms with Crippen LogP contribution in [0.15, 0.2) is 54.6 Å². The van der Waals surface area contributed by atoms with Gasteiger partial charge in [0.2, 0.25) is 0 Å². The number of nitrogens with zero attached hydrogens (tertiary/aromatic N) is 3. The molecular weight excluding hydrogens is 310 g/mol. The lowest BCUT2D eigenvalue weighted by molar-refractivity contribution is 0.0827. The first kappa shape index (κ1) is 19.0. The molecule has 0 N–H and O–H groups in total. The van der Waals surface area contributed by atoms with Crippen LogP contribution >= 0.6 is 0 Å². The number of benzene rings is 2. The molecule has 2 aromatic carbocycles. The first-order valence-corrected chi connectivity index (χ1v) is 8.80. The van der Waals surface area contributed by atoms with Gasteiger partial charge in [-0.1, -0.05) is 37.3 Å². The molecule has 0 unspecified atom stereocenters. The van der Waals surface area contributed by atoms with E-state index in [0.29, 0.717) is 0 Å². The maximum atomic E-state index is 12.0. The van der Waals surface area contributed by atoms with E-state index in [-0.39, 0.29) is 5.91 Å². The summed E-state index contributed by atoms with van der Waals surface area (Å²) in [6, 6.07) is 18.4. The standard InChI is InChI=1S/C21H29N3O/c1-5-24(16-15-23(4)20-9-7-6-8-10-20)17-18-11-13-19(14-12-18)21(25)22(2)3/h6-14H,5,15-17H2,1-4H3. The molecule has 2 aromatic rings. The summed E-state index contributed by atoms with van der Waals surface area (Å²) >= 11 is 0. The molecule has 4 nitrogen and oxygen atoms in total. The van der Waals surface area contributed by atoms with Crippen molar-refractivity contribution in [3.8, 4) is 0 Å². The van der Waals surface area contributed by atoms with Gasteiger partial charge in [0.1, 0.15) is 0 Å². The summed E-state index contributed by atoms with van der Waals surface area (Å²) < 4.78 is 0. The van der Waals surface area contributed by atoms with Crippen molar-refractivity contribution < 1.29 is 4.79 Å². The summed E-state index contributed by atoms with van der Waals surface area (Å²) in [6.45, 7) is 6.07. The minimum Gasteiger partial charge on any atom is -0.373 e. The van der Waals surface area contributed by atoms with E-state index in [1.54, 1.807) is 19.0 Å². The van der Waals surface area contributed by atoms with Crippen molar-refractivity contribution in [1.29, 1.82) is 0 Å². The van der Waals surface area contributed by atoms with Crippen LogP contribution in [-0.2, 0) is 6.54 Å². The molecule has 0 aliphatic carbocycles. The highest BCUT2D eigenvalue weighted by Crippen LogP contribution is 2.12. The van der Waals surface area contributed by atoms with Crippen LogP contribution in [0.4, 0.5) is 5.69 Å². The van der Waals surface area contributed by atoms with E-state index in [2.05, 4.69) is 60.2 Å². The van der Waals surface area contributed by atoms with Crippen LogP contribution in [0.25, 0.3) is 0 Å². The number of amides is 1. The normalized spacial score (nSPS) is 10.8. The fourth-order valence-electron chi connectivity index (χ4n) is 2.72. The van der Waals surface area contributed by atoms with Crippen LogP contribution in [0.2, 0.25) is 0 Å². The van der Waals surface area contributed by atoms with Crippen molar-refractivity contribution >= 4 is 11.6 Å². The highest BCUT2D eigenvalue weighted by atomic mass is 16.2. The highest BCUT2D eigenvalue weighted by molar-refractivity contribution is 5.93. The maximum absolute atomic E-state index is 12.0. The average Bonchev–Trinajstić information content (AvgIpc) is 2.65. The Kier molecular flexibility index (Phi) is 7.02. The van der Waals surface area contributed by atoms with E-state index in [9.17, 15) is 4.79 Å². The zero-order chi connectivity index (χ0) is 18.2. The second-order valence-corrected chi connectivity index (χ2v) is 6.52. The molecule has 0 aromatic heterocycles. The molecule has 1 amide bonds.